The standard InChI is InChI=1S/C16H22N2O4S/c1-13-4-6-15(22-2)14(12-13)5-7-16(19)17-8-10-18(11-9-17)23(3,20)21/h4-7,12H,8-11H2,1-3H3/b7-5+. The van der Waals surface area contributed by atoms with E-state index in [2.05, 4.69) is 0 Å². The molecule has 1 aliphatic heterocycles. The Kier molecular flexibility index (Phi) is 5.43. The third-order valence-electron chi connectivity index (χ3n) is 3.81. The van der Waals surface area contributed by atoms with Gasteiger partial charge in [0, 0.05) is 37.8 Å². The second-order valence-electron chi connectivity index (χ2n) is 5.57. The molecular formula is C16H22N2O4S. The maximum absolute atomic E-state index is 12.2. The summed E-state index contributed by atoms with van der Waals surface area (Å²) in [5, 5.41) is 0. The second kappa shape index (κ2) is 7.14. The van der Waals surface area contributed by atoms with Crippen molar-refractivity contribution in [2.75, 3.05) is 39.5 Å². The van der Waals surface area contributed by atoms with Crippen molar-refractivity contribution in [2.45, 2.75) is 6.92 Å². The topological polar surface area (TPSA) is 66.9 Å². The van der Waals surface area contributed by atoms with E-state index in [-0.39, 0.29) is 5.91 Å². The van der Waals surface area contributed by atoms with Crippen LogP contribution >= 0.6 is 0 Å². The summed E-state index contributed by atoms with van der Waals surface area (Å²) < 4.78 is 29.6. The van der Waals surface area contributed by atoms with Crippen molar-refractivity contribution in [3.8, 4) is 5.75 Å². The maximum Gasteiger partial charge on any atom is 0.246 e. The Hall–Kier alpha value is -1.86. The van der Waals surface area contributed by atoms with Gasteiger partial charge in [-0.1, -0.05) is 11.6 Å². The normalized spacial score (nSPS) is 16.7. The minimum Gasteiger partial charge on any atom is -0.496 e. The molecule has 0 aromatic heterocycles. The summed E-state index contributed by atoms with van der Waals surface area (Å²) >= 11 is 0. The molecule has 126 valence electrons. The zero-order valence-corrected chi connectivity index (χ0v) is 14.5. The van der Waals surface area contributed by atoms with E-state index in [1.165, 1.54) is 16.6 Å². The number of nitrogens with zero attached hydrogens (tertiary/aromatic N) is 2. The average Bonchev–Trinajstić information content (AvgIpc) is 2.52. The minimum absolute atomic E-state index is 0.123. The highest BCUT2D eigenvalue weighted by Crippen LogP contribution is 2.21. The summed E-state index contributed by atoms with van der Waals surface area (Å²) in [5.74, 6) is 0.586. The van der Waals surface area contributed by atoms with Crippen molar-refractivity contribution in [1.29, 1.82) is 0 Å². The number of hydrogen-bond acceptors (Lipinski definition) is 4. The van der Waals surface area contributed by atoms with Crippen LogP contribution in [0.2, 0.25) is 0 Å². The highest BCUT2D eigenvalue weighted by atomic mass is 32.2. The van der Waals surface area contributed by atoms with Gasteiger partial charge in [-0.25, -0.2) is 8.42 Å². The van der Waals surface area contributed by atoms with Crippen LogP contribution in [-0.2, 0) is 14.8 Å². The van der Waals surface area contributed by atoms with E-state index in [4.69, 9.17) is 4.74 Å². The number of methoxy groups -OCH3 is 1. The molecular weight excluding hydrogens is 316 g/mol. The van der Waals surface area contributed by atoms with Gasteiger partial charge in [0.2, 0.25) is 15.9 Å². The van der Waals surface area contributed by atoms with Crippen LogP contribution in [-0.4, -0.2) is 63.1 Å². The number of rotatable bonds is 4. The van der Waals surface area contributed by atoms with E-state index >= 15 is 0 Å². The average molecular weight is 338 g/mol. The van der Waals surface area contributed by atoms with Gasteiger partial charge in [-0.2, -0.15) is 4.31 Å². The molecule has 0 radical (unpaired) electrons. The first-order valence-corrected chi connectivity index (χ1v) is 9.23. The predicted molar refractivity (Wildman–Crippen MR) is 89.8 cm³/mol. The highest BCUT2D eigenvalue weighted by Gasteiger charge is 2.24. The van der Waals surface area contributed by atoms with Crippen LogP contribution < -0.4 is 4.74 Å². The van der Waals surface area contributed by atoms with Gasteiger partial charge in [0.05, 0.1) is 13.4 Å². The van der Waals surface area contributed by atoms with Gasteiger partial charge in [0.1, 0.15) is 5.75 Å². The number of carbonyl (C=O) groups is 1. The summed E-state index contributed by atoms with van der Waals surface area (Å²) in [6.45, 7) is 3.46. The Labute approximate surface area is 137 Å². The molecule has 7 heteroatoms. The number of piperazine rings is 1. The van der Waals surface area contributed by atoms with E-state index in [0.29, 0.717) is 31.9 Å². The number of hydrogen-bond donors (Lipinski definition) is 0. The Morgan fingerprint density at radius 2 is 1.87 bits per heavy atom. The lowest BCUT2D eigenvalue weighted by molar-refractivity contribution is -0.127. The second-order valence-corrected chi connectivity index (χ2v) is 7.55. The number of aryl methyl sites for hydroxylation is 1. The van der Waals surface area contributed by atoms with Gasteiger partial charge in [-0.15, -0.1) is 0 Å². The fourth-order valence-electron chi connectivity index (χ4n) is 2.49. The molecule has 0 aliphatic carbocycles. The SMILES string of the molecule is COc1ccc(C)cc1/C=C/C(=O)N1CCN(S(C)(=O)=O)CC1. The van der Waals surface area contributed by atoms with Crippen LogP contribution in [0.4, 0.5) is 0 Å². The quantitative estimate of drug-likeness (QED) is 0.772. The van der Waals surface area contributed by atoms with E-state index in [0.717, 1.165) is 11.1 Å². The number of sulfonamides is 1. The Morgan fingerprint density at radius 3 is 2.43 bits per heavy atom. The molecule has 0 spiro atoms. The van der Waals surface area contributed by atoms with Gasteiger partial charge in [-0.3, -0.25) is 4.79 Å². The zero-order valence-electron chi connectivity index (χ0n) is 13.7. The van der Waals surface area contributed by atoms with Crippen molar-refractivity contribution in [3.05, 3.63) is 35.4 Å². The minimum atomic E-state index is -3.18. The smallest absolute Gasteiger partial charge is 0.246 e. The lowest BCUT2D eigenvalue weighted by atomic mass is 10.1. The van der Waals surface area contributed by atoms with Crippen LogP contribution in [0.25, 0.3) is 6.08 Å². The van der Waals surface area contributed by atoms with Crippen molar-refractivity contribution in [2.24, 2.45) is 0 Å². The summed E-state index contributed by atoms with van der Waals surface area (Å²) in [6.07, 6.45) is 4.43. The summed E-state index contributed by atoms with van der Waals surface area (Å²) in [5.41, 5.74) is 1.93. The predicted octanol–water partition coefficient (Wildman–Crippen LogP) is 1.12. The molecule has 0 bridgehead atoms. The van der Waals surface area contributed by atoms with Gasteiger partial charge < -0.3 is 9.64 Å². The van der Waals surface area contributed by atoms with Crippen LogP contribution in [0.15, 0.2) is 24.3 Å². The van der Waals surface area contributed by atoms with Gasteiger partial charge in [0.15, 0.2) is 0 Å². The molecule has 0 atom stereocenters. The number of carbonyl (C=O) groups excluding carboxylic acids is 1. The van der Waals surface area contributed by atoms with Crippen molar-refractivity contribution >= 4 is 22.0 Å². The van der Waals surface area contributed by atoms with Crippen molar-refractivity contribution < 1.29 is 17.9 Å². The summed E-state index contributed by atoms with van der Waals surface area (Å²) in [7, 11) is -1.59. The summed E-state index contributed by atoms with van der Waals surface area (Å²) in [4.78, 5) is 13.9. The maximum atomic E-state index is 12.2. The van der Waals surface area contributed by atoms with Crippen LogP contribution in [0.3, 0.4) is 0 Å². The lowest BCUT2D eigenvalue weighted by Gasteiger charge is -2.32. The largest absolute Gasteiger partial charge is 0.496 e. The first kappa shape index (κ1) is 17.5. The number of benzene rings is 1. The first-order chi connectivity index (χ1) is 10.8. The zero-order chi connectivity index (χ0) is 17.0. The van der Waals surface area contributed by atoms with Crippen LogP contribution in [0.1, 0.15) is 11.1 Å². The molecule has 1 aromatic carbocycles. The fraction of sp³-hybridized carbons (Fsp3) is 0.438. The molecule has 6 nitrogen and oxygen atoms in total. The van der Waals surface area contributed by atoms with E-state index in [1.807, 2.05) is 25.1 Å². The molecule has 1 amide bonds. The Morgan fingerprint density at radius 1 is 1.22 bits per heavy atom. The Balaban J connectivity index is 2.02. The molecule has 1 fully saturated rings. The molecule has 2 rings (SSSR count). The van der Waals surface area contributed by atoms with E-state index in [1.54, 1.807) is 18.1 Å². The first-order valence-electron chi connectivity index (χ1n) is 7.38. The van der Waals surface area contributed by atoms with E-state index < -0.39 is 10.0 Å². The molecule has 1 aliphatic rings. The summed E-state index contributed by atoms with van der Waals surface area (Å²) in [6, 6.07) is 5.76. The van der Waals surface area contributed by atoms with Crippen molar-refractivity contribution in [1.82, 2.24) is 9.21 Å². The van der Waals surface area contributed by atoms with Crippen LogP contribution in [0.5, 0.6) is 5.75 Å². The third kappa shape index (κ3) is 4.56. The lowest BCUT2D eigenvalue weighted by Crippen LogP contribution is -2.49. The Bertz CT molecular complexity index is 705. The number of ether oxygens (including phenoxy) is 1. The van der Waals surface area contributed by atoms with E-state index in [9.17, 15) is 13.2 Å². The monoisotopic (exact) mass is 338 g/mol. The molecule has 23 heavy (non-hydrogen) atoms. The van der Waals surface area contributed by atoms with Crippen molar-refractivity contribution in [3.63, 3.8) is 0 Å². The molecule has 0 N–H and O–H groups in total. The van der Waals surface area contributed by atoms with Gasteiger partial charge in [-0.05, 0) is 25.1 Å². The van der Waals surface area contributed by atoms with Crippen LogP contribution in [0, 0.1) is 6.92 Å². The molecule has 1 saturated heterocycles. The highest BCUT2D eigenvalue weighted by molar-refractivity contribution is 7.88. The van der Waals surface area contributed by atoms with Gasteiger partial charge >= 0.3 is 0 Å². The third-order valence-corrected chi connectivity index (χ3v) is 5.11. The van der Waals surface area contributed by atoms with Gasteiger partial charge in [0.25, 0.3) is 0 Å². The fourth-order valence-corrected chi connectivity index (χ4v) is 3.32. The molecule has 1 heterocycles. The molecule has 0 unspecified atom stereocenters. The molecule has 0 saturated carbocycles. The molecule has 1 aromatic rings. The number of amides is 1.